The number of carbonyl (C=O) groups is 1. The largest absolute Gasteiger partial charge is 0.489 e. The number of likely N-dealkylation sites (tertiary alicyclic amines) is 1. The summed E-state index contributed by atoms with van der Waals surface area (Å²) in [7, 11) is -1.88. The molecule has 3 heterocycles. The van der Waals surface area contributed by atoms with Crippen molar-refractivity contribution in [1.82, 2.24) is 25.2 Å². The fourth-order valence-electron chi connectivity index (χ4n) is 5.89. The van der Waals surface area contributed by atoms with Crippen molar-refractivity contribution in [1.29, 1.82) is 0 Å². The molecule has 4 aromatic rings. The molecule has 0 aliphatic carbocycles. The number of ether oxygens (including phenoxy) is 1. The maximum Gasteiger partial charge on any atom is 0.233 e. The van der Waals surface area contributed by atoms with Crippen LogP contribution in [0.5, 0.6) is 5.75 Å². The van der Waals surface area contributed by atoms with Crippen LogP contribution in [0.1, 0.15) is 63.3 Å². The Balaban J connectivity index is 1.48. The van der Waals surface area contributed by atoms with Gasteiger partial charge < -0.3 is 25.7 Å². The summed E-state index contributed by atoms with van der Waals surface area (Å²) in [6.07, 6.45) is 1.86. The quantitative estimate of drug-likeness (QED) is 0.155. The third-order valence-electron chi connectivity index (χ3n) is 8.34. The normalized spacial score (nSPS) is 14.6. The van der Waals surface area contributed by atoms with Gasteiger partial charge in [-0.05, 0) is 115 Å². The third kappa shape index (κ3) is 7.28. The van der Waals surface area contributed by atoms with E-state index in [4.69, 9.17) is 14.7 Å². The topological polar surface area (TPSA) is 141 Å². The number of fused-ring (bicyclic) bond motifs is 1. The summed E-state index contributed by atoms with van der Waals surface area (Å²) in [6.45, 7) is 13.5. The number of hydrogen-bond donors (Lipinski definition) is 4. The number of rotatable bonds is 11. The molecule has 46 heavy (non-hydrogen) atoms. The van der Waals surface area contributed by atoms with Crippen molar-refractivity contribution in [2.24, 2.45) is 0 Å². The Morgan fingerprint density at radius 3 is 2.41 bits per heavy atom. The molecule has 11 nitrogen and oxygen atoms in total. The standard InChI is InChI=1S/C34H45N7O4S/c1-20(2)45-29-18-25(24-12-14-41(15-13-24)19-31(42)35-7)22(5)16-28(29)38-34-39-32-26(17-23(6)36-32)33(40-34)37-27-10-8-9-11-30(27)46(43,44)21(3)4/h8-11,16-18,20-21,24H,12-15,19H2,1-7H3,(H,35,42)(H3,36,37,38,39,40). The molecule has 0 radical (unpaired) electrons. The first-order valence-electron chi connectivity index (χ1n) is 15.8. The zero-order valence-corrected chi connectivity index (χ0v) is 28.5. The monoisotopic (exact) mass is 647 g/mol. The van der Waals surface area contributed by atoms with E-state index in [1.807, 2.05) is 26.8 Å². The van der Waals surface area contributed by atoms with Crippen molar-refractivity contribution >= 4 is 49.9 Å². The smallest absolute Gasteiger partial charge is 0.233 e. The Kier molecular flexibility index (Phi) is 9.88. The number of nitrogens with zero attached hydrogens (tertiary/aromatic N) is 3. The van der Waals surface area contributed by atoms with Crippen LogP contribution in [-0.2, 0) is 14.6 Å². The molecule has 0 bridgehead atoms. The SMILES string of the molecule is CNC(=O)CN1CCC(c2cc(OC(C)C)c(Nc3nc(Nc4ccccc4S(=O)(=O)C(C)C)c4cc(C)[nH]c4n3)cc2C)CC1. The number of piperidine rings is 1. The second-order valence-electron chi connectivity index (χ2n) is 12.5. The van der Waals surface area contributed by atoms with Gasteiger partial charge in [-0.15, -0.1) is 0 Å². The number of H-pyrrole nitrogens is 1. The van der Waals surface area contributed by atoms with Crippen molar-refractivity contribution in [2.45, 2.75) is 76.6 Å². The van der Waals surface area contributed by atoms with Crippen molar-refractivity contribution in [3.05, 3.63) is 59.3 Å². The van der Waals surface area contributed by atoms with Crippen molar-refractivity contribution < 1.29 is 17.9 Å². The molecule has 1 saturated heterocycles. The van der Waals surface area contributed by atoms with Gasteiger partial charge in [-0.2, -0.15) is 9.97 Å². The minimum Gasteiger partial charge on any atom is -0.489 e. The Labute approximate surface area is 271 Å². The summed E-state index contributed by atoms with van der Waals surface area (Å²) in [5, 5.41) is 9.57. The van der Waals surface area contributed by atoms with E-state index in [1.54, 1.807) is 45.2 Å². The highest BCUT2D eigenvalue weighted by Crippen LogP contribution is 2.39. The lowest BCUT2D eigenvalue weighted by Crippen LogP contribution is -2.40. The number of benzene rings is 2. The summed E-state index contributed by atoms with van der Waals surface area (Å²) >= 11 is 0. The first-order valence-corrected chi connectivity index (χ1v) is 17.4. The lowest BCUT2D eigenvalue weighted by atomic mass is 9.86. The number of aromatic amines is 1. The highest BCUT2D eigenvalue weighted by molar-refractivity contribution is 7.92. The molecule has 0 spiro atoms. The van der Waals surface area contributed by atoms with Gasteiger partial charge in [-0.1, -0.05) is 12.1 Å². The van der Waals surface area contributed by atoms with Gasteiger partial charge in [-0.25, -0.2) is 8.42 Å². The van der Waals surface area contributed by atoms with Gasteiger partial charge in [0.1, 0.15) is 17.2 Å². The Bertz CT molecular complexity index is 1830. The van der Waals surface area contributed by atoms with E-state index < -0.39 is 15.1 Å². The molecule has 12 heteroatoms. The van der Waals surface area contributed by atoms with Gasteiger partial charge in [0.25, 0.3) is 0 Å². The molecule has 4 N–H and O–H groups in total. The van der Waals surface area contributed by atoms with Crippen LogP contribution in [0.2, 0.25) is 0 Å². The summed E-state index contributed by atoms with van der Waals surface area (Å²) in [5.74, 6) is 1.92. The lowest BCUT2D eigenvalue weighted by molar-refractivity contribution is -0.122. The second kappa shape index (κ2) is 13.7. The van der Waals surface area contributed by atoms with Crippen LogP contribution < -0.4 is 20.7 Å². The molecule has 2 aromatic heterocycles. The molecule has 1 amide bonds. The second-order valence-corrected chi connectivity index (χ2v) is 15.0. The number of likely N-dealkylation sites (N-methyl/N-ethyl adjacent to an activating group) is 1. The van der Waals surface area contributed by atoms with Gasteiger partial charge in [0, 0.05) is 12.7 Å². The molecule has 246 valence electrons. The lowest BCUT2D eigenvalue weighted by Gasteiger charge is -2.32. The minimum absolute atomic E-state index is 0.0377. The van der Waals surface area contributed by atoms with Gasteiger partial charge >= 0.3 is 0 Å². The fourth-order valence-corrected chi connectivity index (χ4v) is 7.09. The number of hydrogen-bond acceptors (Lipinski definition) is 9. The maximum atomic E-state index is 13.2. The molecule has 2 aromatic carbocycles. The number of anilines is 4. The molecule has 1 aliphatic heterocycles. The summed E-state index contributed by atoms with van der Waals surface area (Å²) in [6, 6.07) is 13.0. The molecule has 5 rings (SSSR count). The minimum atomic E-state index is -3.55. The zero-order chi connectivity index (χ0) is 33.2. The van der Waals surface area contributed by atoms with Crippen LogP contribution in [0.15, 0.2) is 47.4 Å². The fraction of sp³-hybridized carbons (Fsp3) is 0.441. The highest BCUT2D eigenvalue weighted by Gasteiger charge is 2.26. The van der Waals surface area contributed by atoms with Crippen molar-refractivity contribution in [3.8, 4) is 5.75 Å². The van der Waals surface area contributed by atoms with Crippen molar-refractivity contribution in [3.63, 3.8) is 0 Å². The first-order chi connectivity index (χ1) is 21.8. The molecule has 1 fully saturated rings. The van der Waals surface area contributed by atoms with Gasteiger partial charge in [0.2, 0.25) is 11.9 Å². The number of aromatic nitrogens is 3. The molecular weight excluding hydrogens is 602 g/mol. The molecule has 0 saturated carbocycles. The maximum absolute atomic E-state index is 13.2. The van der Waals surface area contributed by atoms with Gasteiger partial charge in [0.05, 0.1) is 39.6 Å². The van der Waals surface area contributed by atoms with E-state index >= 15 is 0 Å². The van der Waals surface area contributed by atoms with E-state index in [1.165, 1.54) is 5.56 Å². The number of amides is 1. The van der Waals surface area contributed by atoms with Gasteiger partial charge in [0.15, 0.2) is 9.84 Å². The van der Waals surface area contributed by atoms with Crippen LogP contribution in [0.3, 0.4) is 0 Å². The van der Waals surface area contributed by atoms with Crippen molar-refractivity contribution in [2.75, 3.05) is 37.3 Å². The molecule has 0 unspecified atom stereocenters. The summed E-state index contributed by atoms with van der Waals surface area (Å²) in [5.41, 5.74) is 5.08. The molecule has 0 atom stereocenters. The molecular formula is C34H45N7O4S. The van der Waals surface area contributed by atoms with Crippen LogP contribution in [-0.4, -0.2) is 72.2 Å². The van der Waals surface area contributed by atoms with E-state index in [9.17, 15) is 13.2 Å². The van der Waals surface area contributed by atoms with Gasteiger partial charge in [-0.3, -0.25) is 9.69 Å². The van der Waals surface area contributed by atoms with Crippen LogP contribution in [0.25, 0.3) is 11.0 Å². The number of nitrogens with one attached hydrogen (secondary N) is 4. The number of carbonyl (C=O) groups excluding carboxylic acids is 1. The first kappa shape index (κ1) is 33.2. The average molecular weight is 648 g/mol. The Morgan fingerprint density at radius 2 is 1.74 bits per heavy atom. The predicted octanol–water partition coefficient (Wildman–Crippen LogP) is 5.96. The number of aryl methyl sites for hydroxylation is 2. The van der Waals surface area contributed by atoms with E-state index in [0.717, 1.165) is 48.3 Å². The third-order valence-corrected chi connectivity index (χ3v) is 10.6. The van der Waals surface area contributed by atoms with E-state index in [2.05, 4.69) is 44.9 Å². The zero-order valence-electron chi connectivity index (χ0n) is 27.7. The van der Waals surface area contributed by atoms with Crippen LogP contribution in [0.4, 0.5) is 23.1 Å². The Morgan fingerprint density at radius 1 is 1.02 bits per heavy atom. The number of para-hydroxylation sites is 1. The average Bonchev–Trinajstić information content (AvgIpc) is 3.39. The van der Waals surface area contributed by atoms with E-state index in [0.29, 0.717) is 41.3 Å². The van der Waals surface area contributed by atoms with E-state index in [-0.39, 0.29) is 16.9 Å². The highest BCUT2D eigenvalue weighted by atomic mass is 32.2. The summed E-state index contributed by atoms with van der Waals surface area (Å²) in [4.78, 5) is 27.2. The van der Waals surface area contributed by atoms with Crippen LogP contribution >= 0.6 is 0 Å². The number of sulfone groups is 1. The summed E-state index contributed by atoms with van der Waals surface area (Å²) < 4.78 is 32.6. The predicted molar refractivity (Wildman–Crippen MR) is 183 cm³/mol. The molecule has 1 aliphatic rings. The Hall–Kier alpha value is -4.16. The van der Waals surface area contributed by atoms with Crippen LogP contribution in [0, 0.1) is 13.8 Å².